The first-order chi connectivity index (χ1) is 10.8. The molecule has 1 saturated heterocycles. The van der Waals surface area contributed by atoms with E-state index in [1.54, 1.807) is 0 Å². The van der Waals surface area contributed by atoms with Crippen LogP contribution in [-0.4, -0.2) is 57.5 Å². The highest BCUT2D eigenvalue weighted by atomic mass is 31.1. The number of anilines is 1. The number of alkyl halides is 3. The molecule has 5 unspecified atom stereocenters. The number of aliphatic hydroxyl groups is 2. The second-order valence-corrected chi connectivity index (χ2v) is 5.71. The molecule has 1 fully saturated rings. The molecule has 2 rings (SSSR count). The standard InChI is InChI=1S/C11H15F3N3O3P.C2H6/c1-21-10-9(19)8(18)5(4-20-10)16-7-3-15-2-6(17-7)11(12,13)14;1-2/h2-3,5,8-10,18-19,21H,4H2,1H3,(H,16,17);1-2H3. The van der Waals surface area contributed by atoms with Crippen molar-refractivity contribution in [2.24, 2.45) is 0 Å². The summed E-state index contributed by atoms with van der Waals surface area (Å²) in [6.45, 7) is 5.88. The van der Waals surface area contributed by atoms with E-state index in [4.69, 9.17) is 4.74 Å². The van der Waals surface area contributed by atoms with Crippen molar-refractivity contribution in [3.05, 3.63) is 18.1 Å². The van der Waals surface area contributed by atoms with Crippen molar-refractivity contribution in [1.82, 2.24) is 9.97 Å². The molecule has 0 amide bonds. The van der Waals surface area contributed by atoms with Crippen LogP contribution in [0.2, 0.25) is 0 Å². The molecular formula is C13H21F3N3O3P. The van der Waals surface area contributed by atoms with Gasteiger partial charge in [0.1, 0.15) is 23.9 Å². The molecule has 1 aromatic rings. The summed E-state index contributed by atoms with van der Waals surface area (Å²) in [7, 11) is 0.285. The highest BCUT2D eigenvalue weighted by molar-refractivity contribution is 7.37. The van der Waals surface area contributed by atoms with Gasteiger partial charge in [-0.3, -0.25) is 4.98 Å². The van der Waals surface area contributed by atoms with Crippen molar-refractivity contribution in [3.63, 3.8) is 0 Å². The fraction of sp³-hybridized carbons (Fsp3) is 0.692. The van der Waals surface area contributed by atoms with Crippen LogP contribution in [-0.2, 0) is 10.9 Å². The largest absolute Gasteiger partial charge is 0.434 e. The quantitative estimate of drug-likeness (QED) is 0.716. The van der Waals surface area contributed by atoms with E-state index in [9.17, 15) is 23.4 Å². The molecule has 0 bridgehead atoms. The van der Waals surface area contributed by atoms with E-state index < -0.39 is 36.0 Å². The lowest BCUT2D eigenvalue weighted by Gasteiger charge is -2.37. The molecule has 3 N–H and O–H groups in total. The van der Waals surface area contributed by atoms with E-state index >= 15 is 0 Å². The molecule has 0 radical (unpaired) electrons. The van der Waals surface area contributed by atoms with E-state index in [0.717, 1.165) is 6.20 Å². The lowest BCUT2D eigenvalue weighted by atomic mass is 10.0. The fourth-order valence-corrected chi connectivity index (χ4v) is 2.77. The van der Waals surface area contributed by atoms with Gasteiger partial charge in [-0.2, -0.15) is 13.2 Å². The van der Waals surface area contributed by atoms with Gasteiger partial charge >= 0.3 is 6.18 Å². The summed E-state index contributed by atoms with van der Waals surface area (Å²) in [5.41, 5.74) is -1.13. The maximum absolute atomic E-state index is 12.5. The van der Waals surface area contributed by atoms with Crippen molar-refractivity contribution < 1.29 is 28.1 Å². The van der Waals surface area contributed by atoms with Crippen LogP contribution in [0, 0.1) is 0 Å². The van der Waals surface area contributed by atoms with Gasteiger partial charge in [-0.15, -0.1) is 0 Å². The van der Waals surface area contributed by atoms with Gasteiger partial charge in [-0.1, -0.05) is 22.4 Å². The van der Waals surface area contributed by atoms with Gasteiger partial charge in [0.15, 0.2) is 5.69 Å². The zero-order valence-corrected chi connectivity index (χ0v) is 14.0. The summed E-state index contributed by atoms with van der Waals surface area (Å²) in [6.07, 6.45) is -5.13. The van der Waals surface area contributed by atoms with Crippen LogP contribution >= 0.6 is 8.58 Å². The van der Waals surface area contributed by atoms with Crippen molar-refractivity contribution in [2.45, 2.75) is 44.1 Å². The van der Waals surface area contributed by atoms with Gasteiger partial charge < -0.3 is 20.3 Å². The smallest absolute Gasteiger partial charge is 0.388 e. The molecule has 1 aliphatic rings. The molecule has 2 heterocycles. The molecular weight excluding hydrogens is 334 g/mol. The van der Waals surface area contributed by atoms with Crippen LogP contribution in [0.25, 0.3) is 0 Å². The van der Waals surface area contributed by atoms with Gasteiger partial charge in [-0.05, 0) is 6.66 Å². The minimum Gasteiger partial charge on any atom is -0.388 e. The van der Waals surface area contributed by atoms with Gasteiger partial charge in [0, 0.05) is 0 Å². The Labute approximate surface area is 134 Å². The summed E-state index contributed by atoms with van der Waals surface area (Å²) in [5.74, 6) is -0.604. The lowest BCUT2D eigenvalue weighted by Crippen LogP contribution is -2.54. The topological polar surface area (TPSA) is 87.5 Å². The van der Waals surface area contributed by atoms with Gasteiger partial charge in [0.05, 0.1) is 25.0 Å². The Bertz CT molecular complexity index is 493. The first-order valence-electron chi connectivity index (χ1n) is 7.13. The average molecular weight is 355 g/mol. The molecule has 1 aliphatic heterocycles. The highest BCUT2D eigenvalue weighted by Gasteiger charge is 2.38. The molecule has 5 atom stereocenters. The van der Waals surface area contributed by atoms with Crippen molar-refractivity contribution in [2.75, 3.05) is 18.6 Å². The zero-order valence-electron chi connectivity index (χ0n) is 13.0. The van der Waals surface area contributed by atoms with Crippen molar-refractivity contribution in [3.8, 4) is 0 Å². The Kier molecular flexibility index (Phi) is 7.60. The molecule has 6 nitrogen and oxygen atoms in total. The summed E-state index contributed by atoms with van der Waals surface area (Å²) < 4.78 is 43.0. The van der Waals surface area contributed by atoms with Gasteiger partial charge in [-0.25, -0.2) is 4.98 Å². The third-order valence-electron chi connectivity index (χ3n) is 3.07. The molecule has 0 aromatic carbocycles. The van der Waals surface area contributed by atoms with E-state index in [2.05, 4.69) is 15.3 Å². The van der Waals surface area contributed by atoms with Gasteiger partial charge in [0.25, 0.3) is 0 Å². The fourth-order valence-electron chi connectivity index (χ4n) is 1.96. The summed E-state index contributed by atoms with van der Waals surface area (Å²) in [5, 5.41) is 22.4. The first kappa shape index (κ1) is 20.0. The predicted octanol–water partition coefficient (Wildman–Crippen LogP) is 1.69. The number of hydrogen-bond donors (Lipinski definition) is 3. The van der Waals surface area contributed by atoms with Crippen molar-refractivity contribution in [1.29, 1.82) is 0 Å². The Balaban J connectivity index is 0.00000127. The second-order valence-electron chi connectivity index (χ2n) is 4.56. The van der Waals surface area contributed by atoms with Crippen LogP contribution in [0.15, 0.2) is 12.4 Å². The normalized spacial score (nSPS) is 28.3. The minimum absolute atomic E-state index is 0.0572. The first-order valence-corrected chi connectivity index (χ1v) is 8.71. The Morgan fingerprint density at radius 3 is 2.48 bits per heavy atom. The maximum Gasteiger partial charge on any atom is 0.434 e. The number of hydrogen-bond acceptors (Lipinski definition) is 6. The summed E-state index contributed by atoms with van der Waals surface area (Å²) in [4.78, 5) is 6.85. The van der Waals surface area contributed by atoms with Crippen molar-refractivity contribution >= 4 is 14.4 Å². The number of nitrogens with one attached hydrogen (secondary N) is 1. The minimum atomic E-state index is -4.60. The molecule has 0 saturated carbocycles. The molecule has 10 heteroatoms. The van der Waals surface area contributed by atoms with Crippen LogP contribution in [0.5, 0.6) is 0 Å². The SMILES string of the molecule is CC.CPC1OCC(Nc2cncc(C(F)(F)F)n2)C(O)C1O. The molecule has 132 valence electrons. The Morgan fingerprint density at radius 1 is 1.26 bits per heavy atom. The third kappa shape index (κ3) is 5.24. The van der Waals surface area contributed by atoms with Crippen LogP contribution < -0.4 is 5.32 Å². The predicted molar refractivity (Wildman–Crippen MR) is 81.8 cm³/mol. The monoisotopic (exact) mass is 355 g/mol. The van der Waals surface area contributed by atoms with Crippen LogP contribution in [0.3, 0.4) is 0 Å². The lowest BCUT2D eigenvalue weighted by molar-refractivity contribution is -0.141. The maximum atomic E-state index is 12.5. The highest BCUT2D eigenvalue weighted by Crippen LogP contribution is 2.29. The molecule has 23 heavy (non-hydrogen) atoms. The van der Waals surface area contributed by atoms with E-state index in [0.29, 0.717) is 6.20 Å². The zero-order chi connectivity index (χ0) is 17.6. The molecule has 0 aliphatic carbocycles. The summed E-state index contributed by atoms with van der Waals surface area (Å²) in [6, 6.07) is -0.759. The van der Waals surface area contributed by atoms with E-state index in [1.165, 1.54) is 0 Å². The number of nitrogens with zero attached hydrogens (tertiary/aromatic N) is 2. The number of aliphatic hydroxyl groups excluding tert-OH is 2. The molecule has 0 spiro atoms. The number of rotatable bonds is 3. The average Bonchev–Trinajstić information content (AvgIpc) is 2.53. The number of ether oxygens (including phenoxy) is 1. The van der Waals surface area contributed by atoms with Crippen LogP contribution in [0.1, 0.15) is 19.5 Å². The molecule has 1 aromatic heterocycles. The van der Waals surface area contributed by atoms with Gasteiger partial charge in [0.2, 0.25) is 0 Å². The number of halogens is 3. The Morgan fingerprint density at radius 2 is 1.91 bits per heavy atom. The van der Waals surface area contributed by atoms with Crippen LogP contribution in [0.4, 0.5) is 19.0 Å². The van der Waals surface area contributed by atoms with E-state index in [-0.39, 0.29) is 21.0 Å². The number of aromatic nitrogens is 2. The third-order valence-corrected chi connectivity index (χ3v) is 4.15. The second kappa shape index (κ2) is 8.73. The van der Waals surface area contributed by atoms with E-state index in [1.807, 2.05) is 20.5 Å². The summed E-state index contributed by atoms with van der Waals surface area (Å²) >= 11 is 0. The Hall–Kier alpha value is -1.02.